The van der Waals surface area contributed by atoms with Gasteiger partial charge in [-0.1, -0.05) is 66.2 Å². The molecule has 6 rings (SSSR count). The molecule has 6 nitrogen and oxygen atoms in total. The van der Waals surface area contributed by atoms with Crippen LogP contribution in [0.4, 0.5) is 0 Å². The van der Waals surface area contributed by atoms with Crippen molar-refractivity contribution in [1.29, 1.82) is 5.26 Å². The Kier molecular flexibility index (Phi) is 6.41. The van der Waals surface area contributed by atoms with Gasteiger partial charge in [0.1, 0.15) is 39.5 Å². The van der Waals surface area contributed by atoms with Crippen molar-refractivity contribution in [1.82, 2.24) is 0 Å². The minimum Gasteiger partial charge on any atom is -0.457 e. The number of rotatable bonds is 5. The average Bonchev–Trinajstić information content (AvgIpc) is 3.29. The largest absolute Gasteiger partial charge is 0.457 e. The van der Waals surface area contributed by atoms with Gasteiger partial charge < -0.3 is 19.9 Å². The van der Waals surface area contributed by atoms with E-state index in [1.165, 1.54) is 11.3 Å². The van der Waals surface area contributed by atoms with Crippen LogP contribution in [0.2, 0.25) is 5.02 Å². The number of ether oxygens (including phenoxy) is 3. The Labute approximate surface area is 233 Å². The molecule has 2 heterocycles. The number of para-hydroxylation sites is 1. The summed E-state index contributed by atoms with van der Waals surface area (Å²) in [5.41, 5.74) is 7.96. The SMILES string of the molecule is N#CC1=C(N)Oc2cc(OC(=O)c3sc4ccccc4c3Cl)ccc2C1c1cccc(Oc2ccccc2)c1. The zero-order valence-corrected chi connectivity index (χ0v) is 21.8. The third-order valence-corrected chi connectivity index (χ3v) is 7.95. The lowest BCUT2D eigenvalue weighted by Gasteiger charge is -2.27. The molecule has 5 aromatic rings. The van der Waals surface area contributed by atoms with E-state index in [2.05, 4.69) is 6.07 Å². The zero-order valence-electron chi connectivity index (χ0n) is 20.3. The van der Waals surface area contributed by atoms with Crippen molar-refractivity contribution in [3.8, 4) is 29.1 Å². The second kappa shape index (κ2) is 10.2. The number of carbonyl (C=O) groups excluding carboxylic acids is 1. The summed E-state index contributed by atoms with van der Waals surface area (Å²) in [6, 6.07) is 31.6. The maximum atomic E-state index is 13.0. The van der Waals surface area contributed by atoms with Gasteiger partial charge in [-0.15, -0.1) is 11.3 Å². The number of carbonyl (C=O) groups is 1. The second-order valence-electron chi connectivity index (χ2n) is 8.74. The van der Waals surface area contributed by atoms with E-state index in [-0.39, 0.29) is 17.2 Å². The number of nitriles is 1. The summed E-state index contributed by atoms with van der Waals surface area (Å²) in [4.78, 5) is 13.3. The molecule has 1 unspecified atom stereocenters. The molecule has 1 aliphatic rings. The molecule has 8 heteroatoms. The number of hydrogen-bond acceptors (Lipinski definition) is 7. The van der Waals surface area contributed by atoms with E-state index >= 15 is 0 Å². The van der Waals surface area contributed by atoms with Crippen LogP contribution < -0.4 is 19.9 Å². The Hall–Kier alpha value is -4.77. The van der Waals surface area contributed by atoms with Crippen molar-refractivity contribution < 1.29 is 19.0 Å². The molecule has 0 aliphatic carbocycles. The molecule has 4 aromatic carbocycles. The summed E-state index contributed by atoms with van der Waals surface area (Å²) in [7, 11) is 0. The van der Waals surface area contributed by atoms with E-state index in [0.717, 1.165) is 15.6 Å². The maximum Gasteiger partial charge on any atom is 0.355 e. The average molecular weight is 551 g/mol. The highest BCUT2D eigenvalue weighted by molar-refractivity contribution is 7.21. The number of thiophene rings is 1. The number of nitrogens with two attached hydrogens (primary N) is 1. The van der Waals surface area contributed by atoms with Gasteiger partial charge >= 0.3 is 5.97 Å². The van der Waals surface area contributed by atoms with E-state index in [0.29, 0.717) is 32.7 Å². The van der Waals surface area contributed by atoms with E-state index in [9.17, 15) is 10.1 Å². The summed E-state index contributed by atoms with van der Waals surface area (Å²) in [6.07, 6.45) is 0. The first kappa shape index (κ1) is 24.6. The Morgan fingerprint density at radius 1 is 0.923 bits per heavy atom. The van der Waals surface area contributed by atoms with Crippen LogP contribution >= 0.6 is 22.9 Å². The van der Waals surface area contributed by atoms with Crippen LogP contribution in [-0.4, -0.2) is 5.97 Å². The molecule has 0 fully saturated rings. The number of allylic oxidation sites excluding steroid dienone is 1. The number of benzene rings is 4. The molecule has 0 bridgehead atoms. The summed E-state index contributed by atoms with van der Waals surface area (Å²) in [6.45, 7) is 0. The van der Waals surface area contributed by atoms with E-state index in [1.54, 1.807) is 18.2 Å². The predicted molar refractivity (Wildman–Crippen MR) is 150 cm³/mol. The van der Waals surface area contributed by atoms with Gasteiger partial charge in [-0.05, 0) is 42.0 Å². The third-order valence-electron chi connectivity index (χ3n) is 6.29. The smallest absolute Gasteiger partial charge is 0.355 e. The summed E-state index contributed by atoms with van der Waals surface area (Å²) in [5.74, 6) is 0.885. The standard InChI is InChI=1S/C31H19ClN2O4S/c32-28-23-11-4-5-12-26(23)39-29(28)31(35)37-21-13-14-22-25(16-21)38-30(34)24(17-33)27(22)18-7-6-10-20(15-18)36-19-8-2-1-3-9-19/h1-16,27H,34H2. The molecule has 0 amide bonds. The zero-order chi connectivity index (χ0) is 26.9. The van der Waals surface area contributed by atoms with Crippen LogP contribution in [0.15, 0.2) is 109 Å². The van der Waals surface area contributed by atoms with Gasteiger partial charge in [0.2, 0.25) is 5.88 Å². The fourth-order valence-corrected chi connectivity index (χ4v) is 5.91. The second-order valence-corrected chi connectivity index (χ2v) is 10.2. The molecule has 2 N–H and O–H groups in total. The molecule has 1 aromatic heterocycles. The summed E-state index contributed by atoms with van der Waals surface area (Å²) < 4.78 is 18.4. The van der Waals surface area contributed by atoms with E-state index in [1.807, 2.05) is 78.9 Å². The summed E-state index contributed by atoms with van der Waals surface area (Å²) in [5, 5.41) is 11.1. The maximum absolute atomic E-state index is 13.0. The summed E-state index contributed by atoms with van der Waals surface area (Å²) >= 11 is 7.73. The number of esters is 1. The monoisotopic (exact) mass is 550 g/mol. The molecule has 190 valence electrons. The minimum atomic E-state index is -0.569. The highest BCUT2D eigenvalue weighted by Gasteiger charge is 2.31. The Morgan fingerprint density at radius 3 is 2.49 bits per heavy atom. The van der Waals surface area contributed by atoms with Crippen molar-refractivity contribution in [2.75, 3.05) is 0 Å². The van der Waals surface area contributed by atoms with Crippen molar-refractivity contribution in [2.24, 2.45) is 5.73 Å². The molecular weight excluding hydrogens is 532 g/mol. The predicted octanol–water partition coefficient (Wildman–Crippen LogP) is 7.78. The van der Waals surface area contributed by atoms with Gasteiger partial charge in [0.15, 0.2) is 0 Å². The first-order valence-corrected chi connectivity index (χ1v) is 13.1. The lowest BCUT2D eigenvalue weighted by atomic mass is 9.83. The molecule has 0 spiro atoms. The molecule has 0 saturated heterocycles. The van der Waals surface area contributed by atoms with Crippen LogP contribution in [0, 0.1) is 11.3 Å². The lowest BCUT2D eigenvalue weighted by Crippen LogP contribution is -2.21. The van der Waals surface area contributed by atoms with Gasteiger partial charge in [0.05, 0.1) is 10.9 Å². The fraction of sp³-hybridized carbons (Fsp3) is 0.0323. The first-order chi connectivity index (χ1) is 19.0. The lowest BCUT2D eigenvalue weighted by molar-refractivity contribution is 0.0740. The number of hydrogen-bond donors (Lipinski definition) is 1. The third kappa shape index (κ3) is 4.68. The van der Waals surface area contributed by atoms with Crippen LogP contribution in [0.3, 0.4) is 0 Å². The molecule has 1 aliphatic heterocycles. The molecule has 39 heavy (non-hydrogen) atoms. The highest BCUT2D eigenvalue weighted by atomic mass is 35.5. The van der Waals surface area contributed by atoms with Crippen molar-refractivity contribution in [3.63, 3.8) is 0 Å². The molecule has 1 atom stereocenters. The quantitative estimate of drug-likeness (QED) is 0.177. The van der Waals surface area contributed by atoms with Gasteiger partial charge in [-0.2, -0.15) is 5.26 Å². The first-order valence-electron chi connectivity index (χ1n) is 12.0. The normalized spacial score (nSPS) is 14.3. The van der Waals surface area contributed by atoms with Crippen molar-refractivity contribution in [2.45, 2.75) is 5.92 Å². The minimum absolute atomic E-state index is 0.0135. The van der Waals surface area contributed by atoms with E-state index in [4.69, 9.17) is 31.5 Å². The highest BCUT2D eigenvalue weighted by Crippen LogP contribution is 2.44. The Balaban J connectivity index is 1.32. The van der Waals surface area contributed by atoms with Crippen molar-refractivity contribution in [3.05, 3.63) is 130 Å². The topological polar surface area (TPSA) is 94.6 Å². The fourth-order valence-electron chi connectivity index (χ4n) is 4.52. The Morgan fingerprint density at radius 2 is 1.69 bits per heavy atom. The van der Waals surface area contributed by atoms with Crippen LogP contribution in [0.25, 0.3) is 10.1 Å². The van der Waals surface area contributed by atoms with Gasteiger partial charge in [0.25, 0.3) is 0 Å². The number of fused-ring (bicyclic) bond motifs is 2. The van der Waals surface area contributed by atoms with Crippen molar-refractivity contribution >= 4 is 39.0 Å². The number of nitrogens with zero attached hydrogens (tertiary/aromatic N) is 1. The van der Waals surface area contributed by atoms with Gasteiger partial charge in [0, 0.05) is 21.7 Å². The van der Waals surface area contributed by atoms with Gasteiger partial charge in [-0.25, -0.2) is 4.79 Å². The van der Waals surface area contributed by atoms with Crippen LogP contribution in [0.1, 0.15) is 26.7 Å². The van der Waals surface area contributed by atoms with Crippen LogP contribution in [-0.2, 0) is 0 Å². The van der Waals surface area contributed by atoms with E-state index < -0.39 is 11.9 Å². The van der Waals surface area contributed by atoms with Gasteiger partial charge in [-0.3, -0.25) is 0 Å². The Bertz CT molecular complexity index is 1810. The van der Waals surface area contributed by atoms with Crippen LogP contribution in [0.5, 0.6) is 23.0 Å². The molecule has 0 saturated carbocycles. The molecular formula is C31H19ClN2O4S. The molecule has 0 radical (unpaired) electrons. The number of halogens is 1.